The second-order valence-corrected chi connectivity index (χ2v) is 7.57. The van der Waals surface area contributed by atoms with Crippen molar-refractivity contribution < 1.29 is 13.6 Å². The fourth-order valence-corrected chi connectivity index (χ4v) is 3.81. The van der Waals surface area contributed by atoms with Crippen LogP contribution in [-0.2, 0) is 4.79 Å². The van der Waals surface area contributed by atoms with Crippen LogP contribution >= 0.6 is 0 Å². The first-order valence-corrected chi connectivity index (χ1v) is 9.50. The van der Waals surface area contributed by atoms with Crippen LogP contribution in [0.25, 0.3) is 22.0 Å². The van der Waals surface area contributed by atoms with E-state index < -0.39 is 0 Å². The third-order valence-corrected chi connectivity index (χ3v) is 5.43. The topological polar surface area (TPSA) is 70.9 Å². The highest BCUT2D eigenvalue weighted by molar-refractivity contribution is 5.80. The van der Waals surface area contributed by atoms with E-state index in [2.05, 4.69) is 15.3 Å². The molecule has 4 aromatic rings. The molecule has 2 aromatic heterocycles. The van der Waals surface area contributed by atoms with E-state index >= 15 is 0 Å². The first-order valence-electron chi connectivity index (χ1n) is 9.50. The number of fused-ring (bicyclic) bond motifs is 2. The molecule has 2 N–H and O–H groups in total. The van der Waals surface area contributed by atoms with Crippen LogP contribution < -0.4 is 5.32 Å². The third kappa shape index (κ3) is 3.15. The standard InChI is InChI=1S/C22H20FN3O2/c1-12(20-10-14-8-15(23)6-7-19(14)28-20)24-21(27)11-13-9-16(13)22-25-17-4-2-3-5-18(17)26-22/h2-8,10,12-13,16H,9,11H2,1H3,(H,24,27)(H,25,26)/t12-,13+,16+/m1/s1. The minimum Gasteiger partial charge on any atom is -0.459 e. The van der Waals surface area contributed by atoms with Gasteiger partial charge >= 0.3 is 0 Å². The lowest BCUT2D eigenvalue weighted by Gasteiger charge is -2.11. The minimum atomic E-state index is -0.304. The number of furan rings is 1. The Hall–Kier alpha value is -3.15. The summed E-state index contributed by atoms with van der Waals surface area (Å²) in [6.45, 7) is 1.87. The molecule has 5 rings (SSSR count). The first kappa shape index (κ1) is 17.0. The molecule has 1 fully saturated rings. The molecule has 2 aromatic carbocycles. The summed E-state index contributed by atoms with van der Waals surface area (Å²) in [6.07, 6.45) is 1.42. The largest absolute Gasteiger partial charge is 0.459 e. The maximum Gasteiger partial charge on any atom is 0.220 e. The van der Waals surface area contributed by atoms with Gasteiger partial charge in [-0.2, -0.15) is 0 Å². The lowest BCUT2D eigenvalue weighted by molar-refractivity contribution is -0.122. The number of carbonyl (C=O) groups excluding carboxylic acids is 1. The summed E-state index contributed by atoms with van der Waals surface area (Å²) in [5, 5.41) is 3.68. The van der Waals surface area contributed by atoms with E-state index in [1.807, 2.05) is 31.2 Å². The van der Waals surface area contributed by atoms with Crippen LogP contribution in [0, 0.1) is 11.7 Å². The molecule has 0 saturated heterocycles. The number of imidazole rings is 1. The number of carbonyl (C=O) groups is 1. The number of nitrogens with zero attached hydrogens (tertiary/aromatic N) is 1. The molecule has 2 heterocycles. The Morgan fingerprint density at radius 1 is 1.32 bits per heavy atom. The Bertz CT molecular complexity index is 1150. The van der Waals surface area contributed by atoms with Crippen LogP contribution in [-0.4, -0.2) is 15.9 Å². The Kier molecular flexibility index (Phi) is 3.93. The van der Waals surface area contributed by atoms with Crippen molar-refractivity contribution >= 4 is 27.9 Å². The minimum absolute atomic E-state index is 0.0113. The lowest BCUT2D eigenvalue weighted by atomic mass is 10.2. The average Bonchev–Trinajstić information content (AvgIpc) is 3.12. The molecule has 0 unspecified atom stereocenters. The van der Waals surface area contributed by atoms with Crippen LogP contribution in [0.1, 0.15) is 43.3 Å². The molecule has 0 aliphatic heterocycles. The highest BCUT2D eigenvalue weighted by Gasteiger charge is 2.41. The van der Waals surface area contributed by atoms with Gasteiger partial charge in [0.25, 0.3) is 0 Å². The Morgan fingerprint density at radius 2 is 2.18 bits per heavy atom. The third-order valence-electron chi connectivity index (χ3n) is 5.43. The fourth-order valence-electron chi connectivity index (χ4n) is 3.81. The lowest BCUT2D eigenvalue weighted by Crippen LogP contribution is -2.26. The van der Waals surface area contributed by atoms with Crippen LogP contribution in [0.5, 0.6) is 0 Å². The summed E-state index contributed by atoms with van der Waals surface area (Å²) in [4.78, 5) is 20.4. The zero-order valence-corrected chi connectivity index (χ0v) is 15.4. The van der Waals surface area contributed by atoms with E-state index in [0.29, 0.717) is 35.0 Å². The molecule has 28 heavy (non-hydrogen) atoms. The Morgan fingerprint density at radius 3 is 3.04 bits per heavy atom. The Labute approximate surface area is 161 Å². The van der Waals surface area contributed by atoms with Gasteiger partial charge in [0, 0.05) is 17.7 Å². The van der Waals surface area contributed by atoms with Crippen molar-refractivity contribution in [1.29, 1.82) is 0 Å². The van der Waals surface area contributed by atoms with Crippen LogP contribution in [0.15, 0.2) is 52.9 Å². The predicted molar refractivity (Wildman–Crippen MR) is 104 cm³/mol. The number of para-hydroxylation sites is 2. The van der Waals surface area contributed by atoms with E-state index in [4.69, 9.17) is 4.42 Å². The van der Waals surface area contributed by atoms with E-state index in [0.717, 1.165) is 23.3 Å². The zero-order chi connectivity index (χ0) is 19.3. The van der Waals surface area contributed by atoms with Crippen molar-refractivity contribution in [2.45, 2.75) is 31.7 Å². The maximum absolute atomic E-state index is 13.3. The number of rotatable bonds is 5. The molecule has 0 bridgehead atoms. The molecule has 142 valence electrons. The summed E-state index contributed by atoms with van der Waals surface area (Å²) < 4.78 is 19.1. The van der Waals surface area contributed by atoms with Gasteiger partial charge in [0.05, 0.1) is 17.1 Å². The first-order chi connectivity index (χ1) is 13.6. The molecule has 0 radical (unpaired) electrons. The predicted octanol–water partition coefficient (Wildman–Crippen LogP) is 4.82. The van der Waals surface area contributed by atoms with Crippen molar-refractivity contribution in [1.82, 2.24) is 15.3 Å². The van der Waals surface area contributed by atoms with Gasteiger partial charge in [-0.05, 0) is 55.7 Å². The molecule has 1 amide bonds. The zero-order valence-electron chi connectivity index (χ0n) is 15.4. The highest BCUT2D eigenvalue weighted by Crippen LogP contribution is 2.48. The van der Waals surface area contributed by atoms with Gasteiger partial charge in [-0.1, -0.05) is 12.1 Å². The SMILES string of the molecule is C[C@@H](NC(=O)C[C@@H]1C[C@@H]1c1nc2ccccc2[nH]1)c1cc2cc(F)ccc2o1. The number of hydrogen-bond acceptors (Lipinski definition) is 3. The summed E-state index contributed by atoms with van der Waals surface area (Å²) in [6, 6.07) is 13.9. The number of aromatic amines is 1. The molecule has 3 atom stereocenters. The molecular weight excluding hydrogens is 357 g/mol. The van der Waals surface area contributed by atoms with Crippen molar-refractivity contribution in [3.63, 3.8) is 0 Å². The van der Waals surface area contributed by atoms with Crippen molar-refractivity contribution in [3.8, 4) is 0 Å². The molecule has 1 aliphatic rings. The summed E-state index contributed by atoms with van der Waals surface area (Å²) in [7, 11) is 0. The highest BCUT2D eigenvalue weighted by atomic mass is 19.1. The second-order valence-electron chi connectivity index (χ2n) is 7.57. The number of aromatic nitrogens is 2. The number of nitrogens with one attached hydrogen (secondary N) is 2. The van der Waals surface area contributed by atoms with Crippen LogP contribution in [0.3, 0.4) is 0 Å². The van der Waals surface area contributed by atoms with Gasteiger partial charge in [-0.25, -0.2) is 9.37 Å². The van der Waals surface area contributed by atoms with Gasteiger partial charge in [0.1, 0.15) is 23.0 Å². The second kappa shape index (κ2) is 6.48. The number of hydrogen-bond donors (Lipinski definition) is 2. The number of halogens is 1. The normalized spacial score (nSPS) is 19.8. The van der Waals surface area contributed by atoms with Gasteiger partial charge in [0.15, 0.2) is 0 Å². The van der Waals surface area contributed by atoms with Gasteiger partial charge < -0.3 is 14.7 Å². The Balaban J connectivity index is 1.21. The molecule has 6 heteroatoms. The van der Waals surface area contributed by atoms with E-state index in [1.165, 1.54) is 12.1 Å². The summed E-state index contributed by atoms with van der Waals surface area (Å²) >= 11 is 0. The monoisotopic (exact) mass is 377 g/mol. The number of H-pyrrole nitrogens is 1. The van der Waals surface area contributed by atoms with Crippen molar-refractivity contribution in [2.24, 2.45) is 5.92 Å². The van der Waals surface area contributed by atoms with Crippen LogP contribution in [0.4, 0.5) is 4.39 Å². The van der Waals surface area contributed by atoms with Gasteiger partial charge in [-0.3, -0.25) is 4.79 Å². The van der Waals surface area contributed by atoms with Gasteiger partial charge in [0.2, 0.25) is 5.91 Å². The van der Waals surface area contributed by atoms with E-state index in [9.17, 15) is 9.18 Å². The van der Waals surface area contributed by atoms with E-state index in [-0.39, 0.29) is 17.8 Å². The van der Waals surface area contributed by atoms with Crippen LogP contribution in [0.2, 0.25) is 0 Å². The summed E-state index contributed by atoms with van der Waals surface area (Å²) in [5.74, 6) is 1.88. The molecular formula is C22H20FN3O2. The van der Waals surface area contributed by atoms with Gasteiger partial charge in [-0.15, -0.1) is 0 Å². The quantitative estimate of drug-likeness (QED) is 0.524. The summed E-state index contributed by atoms with van der Waals surface area (Å²) in [5.41, 5.74) is 2.61. The van der Waals surface area contributed by atoms with Crippen molar-refractivity contribution in [2.75, 3.05) is 0 Å². The van der Waals surface area contributed by atoms with E-state index in [1.54, 1.807) is 12.1 Å². The maximum atomic E-state index is 13.3. The smallest absolute Gasteiger partial charge is 0.220 e. The molecule has 1 aliphatic carbocycles. The number of benzene rings is 2. The molecule has 1 saturated carbocycles. The molecule has 0 spiro atoms. The number of amides is 1. The van der Waals surface area contributed by atoms with Crippen molar-refractivity contribution in [3.05, 3.63) is 65.9 Å². The molecule has 5 nitrogen and oxygen atoms in total. The fraction of sp³-hybridized carbons (Fsp3) is 0.273. The average molecular weight is 377 g/mol.